The molecule has 0 atom stereocenters. The number of benzene rings is 1. The molecule has 0 aliphatic rings. The van der Waals surface area contributed by atoms with Crippen LogP contribution < -0.4 is 0 Å². The van der Waals surface area contributed by atoms with Gasteiger partial charge in [0.25, 0.3) is 5.24 Å². The van der Waals surface area contributed by atoms with E-state index in [9.17, 15) is 22.8 Å². The molecule has 0 bridgehead atoms. The Hall–Kier alpha value is -0.630. The highest BCUT2D eigenvalue weighted by Gasteiger charge is 2.36. The highest BCUT2D eigenvalue weighted by atomic mass is 127. The lowest BCUT2D eigenvalue weighted by atomic mass is 10.0. The van der Waals surface area contributed by atoms with E-state index in [-0.39, 0.29) is 15.4 Å². The molecule has 16 heavy (non-hydrogen) atoms. The first-order valence-corrected chi connectivity index (χ1v) is 5.28. The summed E-state index contributed by atoms with van der Waals surface area (Å²) in [4.78, 5) is 21.3. The predicted octanol–water partition coefficient (Wildman–Crippen LogP) is 3.50. The van der Waals surface area contributed by atoms with Crippen molar-refractivity contribution in [2.45, 2.75) is 6.18 Å². The maximum Gasteiger partial charge on any atom is 0.418 e. The third-order valence-electron chi connectivity index (χ3n) is 1.76. The van der Waals surface area contributed by atoms with Gasteiger partial charge in [0.2, 0.25) is 0 Å². The van der Waals surface area contributed by atoms with Crippen LogP contribution in [0, 0.1) is 3.57 Å². The molecule has 7 heteroatoms. The number of alkyl halides is 3. The average Bonchev–Trinajstić information content (AvgIpc) is 2.14. The molecule has 0 saturated carbocycles. The van der Waals surface area contributed by atoms with Crippen molar-refractivity contribution in [3.05, 3.63) is 32.4 Å². The first-order chi connectivity index (χ1) is 7.27. The van der Waals surface area contributed by atoms with Crippen molar-refractivity contribution in [2.75, 3.05) is 0 Å². The zero-order chi connectivity index (χ0) is 12.5. The van der Waals surface area contributed by atoms with Crippen LogP contribution in [0.5, 0.6) is 0 Å². The average molecular weight is 362 g/mol. The van der Waals surface area contributed by atoms with Gasteiger partial charge in [0, 0.05) is 14.7 Å². The second-order valence-electron chi connectivity index (χ2n) is 2.81. The van der Waals surface area contributed by atoms with Crippen molar-refractivity contribution in [3.63, 3.8) is 0 Å². The molecule has 1 aromatic carbocycles. The van der Waals surface area contributed by atoms with Crippen molar-refractivity contribution in [1.82, 2.24) is 0 Å². The quantitative estimate of drug-likeness (QED) is 0.458. The van der Waals surface area contributed by atoms with E-state index in [0.717, 1.165) is 12.1 Å². The third-order valence-corrected chi connectivity index (χ3v) is 2.83. The van der Waals surface area contributed by atoms with Crippen molar-refractivity contribution in [3.8, 4) is 0 Å². The molecule has 0 unspecified atom stereocenters. The van der Waals surface area contributed by atoms with Gasteiger partial charge in [-0.3, -0.25) is 9.59 Å². The molecule has 0 aliphatic carbocycles. The van der Waals surface area contributed by atoms with Gasteiger partial charge in [-0.05, 0) is 46.3 Å². The molecule has 0 N–H and O–H groups in total. The zero-order valence-electron chi connectivity index (χ0n) is 7.44. The van der Waals surface area contributed by atoms with Gasteiger partial charge < -0.3 is 0 Å². The van der Waals surface area contributed by atoms with Gasteiger partial charge >= 0.3 is 6.18 Å². The fourth-order valence-electron chi connectivity index (χ4n) is 1.13. The Kier molecular flexibility index (Phi) is 3.95. The molecule has 1 rings (SSSR count). The summed E-state index contributed by atoms with van der Waals surface area (Å²) >= 11 is 6.54. The fourth-order valence-corrected chi connectivity index (χ4v) is 2.20. The smallest absolute Gasteiger partial charge is 0.298 e. The summed E-state index contributed by atoms with van der Waals surface area (Å²) in [6.07, 6.45) is -4.59. The maximum atomic E-state index is 12.5. The molecule has 1 aromatic rings. The first-order valence-electron chi connectivity index (χ1n) is 3.83. The van der Waals surface area contributed by atoms with Crippen LogP contribution in [0.25, 0.3) is 0 Å². The van der Waals surface area contributed by atoms with Gasteiger partial charge in [0.05, 0.1) is 5.56 Å². The van der Waals surface area contributed by atoms with Gasteiger partial charge in [-0.25, -0.2) is 0 Å². The normalized spacial score (nSPS) is 11.3. The Morgan fingerprint density at radius 3 is 2.31 bits per heavy atom. The van der Waals surface area contributed by atoms with Crippen LogP contribution in [0.15, 0.2) is 12.1 Å². The Bertz CT molecular complexity index is 457. The predicted molar refractivity (Wildman–Crippen MR) is 59.7 cm³/mol. The third kappa shape index (κ3) is 2.73. The fraction of sp³-hybridized carbons (Fsp3) is 0.111. The minimum Gasteiger partial charge on any atom is -0.298 e. The van der Waals surface area contributed by atoms with E-state index >= 15 is 0 Å². The zero-order valence-corrected chi connectivity index (χ0v) is 10.4. The van der Waals surface area contributed by atoms with E-state index in [2.05, 4.69) is 0 Å². The van der Waals surface area contributed by atoms with Crippen LogP contribution in [0.3, 0.4) is 0 Å². The monoisotopic (exact) mass is 362 g/mol. The number of carbonyl (C=O) groups is 2. The van der Waals surface area contributed by atoms with Gasteiger partial charge in [0.1, 0.15) is 0 Å². The topological polar surface area (TPSA) is 34.1 Å². The minimum absolute atomic E-state index is 0.0499. The standard InChI is InChI=1S/C9H3ClF3IO2/c10-8(16)4-1-5(3-15)7(6(14)2-4)9(11,12)13/h1-3H. The lowest BCUT2D eigenvalue weighted by Crippen LogP contribution is -2.12. The molecular formula is C9H3ClF3IO2. The summed E-state index contributed by atoms with van der Waals surface area (Å²) in [6.45, 7) is 0. The van der Waals surface area contributed by atoms with Gasteiger partial charge in [-0.15, -0.1) is 0 Å². The highest BCUT2D eigenvalue weighted by molar-refractivity contribution is 14.1. The van der Waals surface area contributed by atoms with Crippen molar-refractivity contribution < 1.29 is 22.8 Å². The lowest BCUT2D eigenvalue weighted by Gasteiger charge is -2.12. The van der Waals surface area contributed by atoms with E-state index in [1.54, 1.807) is 0 Å². The van der Waals surface area contributed by atoms with Crippen LogP contribution in [0.4, 0.5) is 13.2 Å². The Morgan fingerprint density at radius 1 is 1.38 bits per heavy atom. The second kappa shape index (κ2) is 4.70. The van der Waals surface area contributed by atoms with E-state index in [4.69, 9.17) is 11.6 Å². The molecule has 0 fully saturated rings. The Morgan fingerprint density at radius 2 is 1.94 bits per heavy atom. The molecule has 0 radical (unpaired) electrons. The molecule has 0 saturated heterocycles. The molecule has 0 aromatic heterocycles. The maximum absolute atomic E-state index is 12.5. The van der Waals surface area contributed by atoms with Crippen molar-refractivity contribution in [2.24, 2.45) is 0 Å². The molecule has 0 aliphatic heterocycles. The summed E-state index contributed by atoms with van der Waals surface area (Å²) in [5.41, 5.74) is -1.78. The summed E-state index contributed by atoms with van der Waals surface area (Å²) in [6, 6.07) is 1.82. The van der Waals surface area contributed by atoms with E-state index in [1.165, 1.54) is 22.6 Å². The Balaban J connectivity index is 3.53. The van der Waals surface area contributed by atoms with Crippen LogP contribution in [0.2, 0.25) is 0 Å². The summed E-state index contributed by atoms with van der Waals surface area (Å²) in [7, 11) is 0. The number of hydrogen-bond acceptors (Lipinski definition) is 2. The van der Waals surface area contributed by atoms with E-state index < -0.39 is 22.5 Å². The number of carbonyl (C=O) groups excluding carboxylic acids is 2. The molecule has 2 nitrogen and oxygen atoms in total. The van der Waals surface area contributed by atoms with Gasteiger partial charge in [-0.2, -0.15) is 13.2 Å². The highest BCUT2D eigenvalue weighted by Crippen LogP contribution is 2.35. The largest absolute Gasteiger partial charge is 0.418 e. The Labute approximate surface area is 107 Å². The minimum atomic E-state index is -4.64. The molecule has 0 amide bonds. The van der Waals surface area contributed by atoms with Gasteiger partial charge in [0.15, 0.2) is 6.29 Å². The van der Waals surface area contributed by atoms with Crippen LogP contribution >= 0.6 is 34.2 Å². The first kappa shape index (κ1) is 13.4. The van der Waals surface area contributed by atoms with E-state index in [1.807, 2.05) is 0 Å². The number of aldehydes is 1. The lowest BCUT2D eigenvalue weighted by molar-refractivity contribution is -0.138. The summed E-state index contributed by atoms with van der Waals surface area (Å²) in [5.74, 6) is 0. The van der Waals surface area contributed by atoms with Crippen molar-refractivity contribution in [1.29, 1.82) is 0 Å². The van der Waals surface area contributed by atoms with Gasteiger partial charge in [-0.1, -0.05) is 0 Å². The SMILES string of the molecule is O=Cc1cc(C(=O)Cl)cc(I)c1C(F)(F)F. The number of rotatable bonds is 2. The summed E-state index contributed by atoms with van der Waals surface area (Å²) < 4.78 is 37.4. The molecule has 0 heterocycles. The van der Waals surface area contributed by atoms with Crippen LogP contribution in [0.1, 0.15) is 26.3 Å². The van der Waals surface area contributed by atoms with Crippen LogP contribution in [-0.2, 0) is 6.18 Å². The number of hydrogen-bond donors (Lipinski definition) is 0. The van der Waals surface area contributed by atoms with E-state index in [0.29, 0.717) is 0 Å². The molecule has 86 valence electrons. The van der Waals surface area contributed by atoms with Crippen molar-refractivity contribution >= 4 is 45.7 Å². The molecular weight excluding hydrogens is 359 g/mol. The summed E-state index contributed by atoms with van der Waals surface area (Å²) in [5, 5.41) is -0.908. The molecule has 0 spiro atoms. The van der Waals surface area contributed by atoms with Crippen LogP contribution in [-0.4, -0.2) is 11.5 Å². The second-order valence-corrected chi connectivity index (χ2v) is 4.32. The number of halogens is 5.